The number of carbonyl (C=O) groups excluding carboxylic acids is 1. The third kappa shape index (κ3) is 2.49. The average Bonchev–Trinajstić information content (AvgIpc) is 3.25. The van der Waals surface area contributed by atoms with E-state index in [0.717, 1.165) is 36.4 Å². The van der Waals surface area contributed by atoms with Gasteiger partial charge in [-0.05, 0) is 43.4 Å². The van der Waals surface area contributed by atoms with Gasteiger partial charge in [-0.2, -0.15) is 4.37 Å². The summed E-state index contributed by atoms with van der Waals surface area (Å²) in [6, 6.07) is 5.52. The van der Waals surface area contributed by atoms with Gasteiger partial charge in [0.1, 0.15) is 5.00 Å². The second-order valence-corrected chi connectivity index (χ2v) is 6.93. The predicted octanol–water partition coefficient (Wildman–Crippen LogP) is 3.79. The molecule has 2 N–H and O–H groups in total. The van der Waals surface area contributed by atoms with Gasteiger partial charge in [0.05, 0.1) is 11.3 Å². The molecule has 126 valence electrons. The van der Waals surface area contributed by atoms with Crippen LogP contribution in [0.15, 0.2) is 18.2 Å². The lowest BCUT2D eigenvalue weighted by Gasteiger charge is -2.21. The Bertz CT molecular complexity index is 796. The van der Waals surface area contributed by atoms with Crippen LogP contribution in [0.3, 0.4) is 0 Å². The third-order valence-corrected chi connectivity index (χ3v) is 5.43. The average molecular weight is 345 g/mol. The first-order chi connectivity index (χ1) is 11.6. The minimum absolute atomic E-state index is 0.181. The van der Waals surface area contributed by atoms with E-state index in [1.165, 1.54) is 11.5 Å². The van der Waals surface area contributed by atoms with Gasteiger partial charge in [0.2, 0.25) is 0 Å². The van der Waals surface area contributed by atoms with E-state index in [-0.39, 0.29) is 5.91 Å². The molecule has 0 unspecified atom stereocenters. The summed E-state index contributed by atoms with van der Waals surface area (Å²) in [6.07, 6.45) is 4.06. The van der Waals surface area contributed by atoms with Crippen molar-refractivity contribution in [2.45, 2.75) is 38.4 Å². The number of rotatable bonds is 3. The van der Waals surface area contributed by atoms with E-state index in [4.69, 9.17) is 9.47 Å². The number of carbonyl (C=O) groups is 1. The van der Waals surface area contributed by atoms with Crippen LogP contribution in [0.2, 0.25) is 0 Å². The molecule has 1 saturated carbocycles. The molecule has 0 atom stereocenters. The first kappa shape index (κ1) is 15.3. The normalized spacial score (nSPS) is 17.2. The van der Waals surface area contributed by atoms with Crippen molar-refractivity contribution in [1.82, 2.24) is 4.37 Å². The highest BCUT2D eigenvalue weighted by molar-refractivity contribution is 7.10. The zero-order valence-electron chi connectivity index (χ0n) is 13.6. The molecule has 2 aromatic rings. The van der Waals surface area contributed by atoms with Gasteiger partial charge in [0.25, 0.3) is 11.7 Å². The van der Waals surface area contributed by atoms with Crippen molar-refractivity contribution in [2.75, 3.05) is 17.7 Å². The fraction of sp³-hybridized carbons (Fsp3) is 0.412. The highest BCUT2D eigenvalue weighted by Gasteiger charge is 2.44. The van der Waals surface area contributed by atoms with Crippen molar-refractivity contribution < 1.29 is 14.3 Å². The highest BCUT2D eigenvalue weighted by Crippen LogP contribution is 2.47. The number of amides is 1. The van der Waals surface area contributed by atoms with Crippen LogP contribution in [0, 0.1) is 6.92 Å². The minimum atomic E-state index is -0.488. The van der Waals surface area contributed by atoms with Crippen molar-refractivity contribution in [3.8, 4) is 11.5 Å². The Morgan fingerprint density at radius 1 is 1.25 bits per heavy atom. The predicted molar refractivity (Wildman–Crippen MR) is 93.2 cm³/mol. The largest absolute Gasteiger partial charge is 0.448 e. The smallest absolute Gasteiger partial charge is 0.260 e. The standard InChI is InChI=1S/C17H19N3O3S/c1-10-14(16(18-2)24-20-10)15(21)19-11-5-6-12-13(9-11)23-17(22-12)7-3-4-8-17/h5-6,9,18H,3-4,7-8H2,1-2H3,(H,19,21). The third-order valence-electron chi connectivity index (χ3n) is 4.48. The van der Waals surface area contributed by atoms with Gasteiger partial charge >= 0.3 is 0 Å². The van der Waals surface area contributed by atoms with Crippen LogP contribution in [0.25, 0.3) is 0 Å². The van der Waals surface area contributed by atoms with Gasteiger partial charge in [0, 0.05) is 31.6 Å². The van der Waals surface area contributed by atoms with Crippen LogP contribution < -0.4 is 20.1 Å². The maximum Gasteiger partial charge on any atom is 0.260 e. The van der Waals surface area contributed by atoms with Crippen molar-refractivity contribution in [2.24, 2.45) is 0 Å². The topological polar surface area (TPSA) is 72.5 Å². The number of ether oxygens (including phenoxy) is 2. The molecular weight excluding hydrogens is 326 g/mol. The summed E-state index contributed by atoms with van der Waals surface area (Å²) in [4.78, 5) is 12.6. The Morgan fingerprint density at radius 3 is 2.75 bits per heavy atom. The molecule has 0 bridgehead atoms. The second-order valence-electron chi connectivity index (χ2n) is 6.16. The van der Waals surface area contributed by atoms with E-state index in [0.29, 0.717) is 22.7 Å². The number of anilines is 2. The molecule has 0 saturated heterocycles. The quantitative estimate of drug-likeness (QED) is 0.885. The molecule has 1 aromatic heterocycles. The van der Waals surface area contributed by atoms with Crippen molar-refractivity contribution in [3.05, 3.63) is 29.5 Å². The zero-order valence-corrected chi connectivity index (χ0v) is 14.5. The minimum Gasteiger partial charge on any atom is -0.448 e. The van der Waals surface area contributed by atoms with Crippen LogP contribution in [-0.2, 0) is 0 Å². The molecule has 24 heavy (non-hydrogen) atoms. The number of nitrogens with one attached hydrogen (secondary N) is 2. The molecule has 1 aromatic carbocycles. The van der Waals surface area contributed by atoms with E-state index < -0.39 is 5.79 Å². The summed E-state index contributed by atoms with van der Waals surface area (Å²) in [6.45, 7) is 1.83. The zero-order chi connectivity index (χ0) is 16.7. The van der Waals surface area contributed by atoms with Gasteiger partial charge in [0.15, 0.2) is 11.5 Å². The van der Waals surface area contributed by atoms with Crippen LogP contribution in [0.4, 0.5) is 10.7 Å². The van der Waals surface area contributed by atoms with Gasteiger partial charge in [-0.3, -0.25) is 4.79 Å². The summed E-state index contributed by atoms with van der Waals surface area (Å²) in [5.41, 5.74) is 1.98. The SMILES string of the molecule is CNc1snc(C)c1C(=O)Nc1ccc2c(c1)OC1(CCCC1)O2. The fourth-order valence-electron chi connectivity index (χ4n) is 3.29. The molecule has 1 fully saturated rings. The summed E-state index contributed by atoms with van der Waals surface area (Å²) in [7, 11) is 1.78. The Hall–Kier alpha value is -2.28. The van der Waals surface area contributed by atoms with Gasteiger partial charge < -0.3 is 20.1 Å². The fourth-order valence-corrected chi connectivity index (χ4v) is 4.03. The second kappa shape index (κ2) is 5.66. The molecule has 1 spiro atoms. The van der Waals surface area contributed by atoms with E-state index in [1.54, 1.807) is 7.05 Å². The number of nitrogens with zero attached hydrogens (tertiary/aromatic N) is 1. The number of hydrogen-bond acceptors (Lipinski definition) is 6. The van der Waals surface area contributed by atoms with Gasteiger partial charge in [-0.15, -0.1) is 0 Å². The van der Waals surface area contributed by atoms with E-state index >= 15 is 0 Å². The van der Waals surface area contributed by atoms with Crippen molar-refractivity contribution in [3.63, 3.8) is 0 Å². The monoisotopic (exact) mass is 345 g/mol. The number of benzene rings is 1. The molecule has 2 aliphatic rings. The molecule has 1 aliphatic carbocycles. The molecule has 1 amide bonds. The van der Waals surface area contributed by atoms with Crippen molar-refractivity contribution in [1.29, 1.82) is 0 Å². The van der Waals surface area contributed by atoms with E-state index in [1.807, 2.05) is 25.1 Å². The molecule has 4 rings (SSSR count). The molecule has 2 heterocycles. The van der Waals surface area contributed by atoms with Gasteiger partial charge in [-0.25, -0.2) is 0 Å². The number of fused-ring (bicyclic) bond motifs is 1. The molecule has 1 aliphatic heterocycles. The molecule has 6 nitrogen and oxygen atoms in total. The lowest BCUT2D eigenvalue weighted by molar-refractivity contribution is -0.0716. The Kier molecular flexibility index (Phi) is 3.60. The maximum atomic E-state index is 12.6. The van der Waals surface area contributed by atoms with E-state index in [9.17, 15) is 4.79 Å². The number of aryl methyl sites for hydroxylation is 1. The van der Waals surface area contributed by atoms with Crippen LogP contribution in [0.1, 0.15) is 41.7 Å². The molecular formula is C17H19N3O3S. The Morgan fingerprint density at radius 2 is 2.00 bits per heavy atom. The van der Waals surface area contributed by atoms with Crippen LogP contribution in [0.5, 0.6) is 11.5 Å². The summed E-state index contributed by atoms with van der Waals surface area (Å²) in [5, 5.41) is 6.69. The lowest BCUT2D eigenvalue weighted by atomic mass is 10.2. The summed E-state index contributed by atoms with van der Waals surface area (Å²) < 4.78 is 16.3. The summed E-state index contributed by atoms with van der Waals surface area (Å²) >= 11 is 1.28. The van der Waals surface area contributed by atoms with Crippen molar-refractivity contribution >= 4 is 28.1 Å². The maximum absolute atomic E-state index is 12.6. The Balaban J connectivity index is 1.55. The number of aromatic nitrogens is 1. The van der Waals surface area contributed by atoms with E-state index in [2.05, 4.69) is 15.0 Å². The van der Waals surface area contributed by atoms with Crippen LogP contribution >= 0.6 is 11.5 Å². The molecule has 0 radical (unpaired) electrons. The van der Waals surface area contributed by atoms with Crippen LogP contribution in [-0.4, -0.2) is 23.1 Å². The first-order valence-electron chi connectivity index (χ1n) is 8.08. The number of hydrogen-bond donors (Lipinski definition) is 2. The molecule has 7 heteroatoms. The summed E-state index contributed by atoms with van der Waals surface area (Å²) in [5.74, 6) is 0.779. The van der Waals surface area contributed by atoms with Gasteiger partial charge in [-0.1, -0.05) is 0 Å². The Labute approximate surface area is 144 Å². The lowest BCUT2D eigenvalue weighted by Crippen LogP contribution is -2.34. The highest BCUT2D eigenvalue weighted by atomic mass is 32.1. The first-order valence-corrected chi connectivity index (χ1v) is 8.85.